The number of hydrogen-bond acceptors (Lipinski definition) is 5. The van der Waals surface area contributed by atoms with E-state index in [1.54, 1.807) is 19.2 Å². The molecule has 1 N–H and O–H groups in total. The van der Waals surface area contributed by atoms with Crippen molar-refractivity contribution in [1.29, 1.82) is 0 Å². The van der Waals surface area contributed by atoms with Gasteiger partial charge in [0.15, 0.2) is 5.75 Å². The average molecular weight is 318 g/mol. The van der Waals surface area contributed by atoms with Gasteiger partial charge in [-0.1, -0.05) is 0 Å². The maximum absolute atomic E-state index is 12.0. The second kappa shape index (κ2) is 7.44. The van der Waals surface area contributed by atoms with Crippen molar-refractivity contribution < 1.29 is 19.4 Å². The molecule has 0 radical (unpaired) electrons. The molecule has 0 fully saturated rings. The number of aliphatic carboxylic acids is 1. The molecule has 0 aliphatic rings. The molecule has 0 aliphatic carbocycles. The lowest BCUT2D eigenvalue weighted by Crippen LogP contribution is -2.23. The Morgan fingerprint density at radius 3 is 2.48 bits per heavy atom. The highest BCUT2D eigenvalue weighted by molar-refractivity contribution is 5.67. The molecule has 2 aromatic rings. The third-order valence-electron chi connectivity index (χ3n) is 3.31. The van der Waals surface area contributed by atoms with E-state index < -0.39 is 5.97 Å². The van der Waals surface area contributed by atoms with Gasteiger partial charge in [0.1, 0.15) is 11.4 Å². The molecule has 0 bridgehead atoms. The molecule has 0 aliphatic heterocycles. The van der Waals surface area contributed by atoms with Crippen LogP contribution in [0.1, 0.15) is 12.8 Å². The number of carbonyl (C=O) groups is 1. The molecule has 0 saturated heterocycles. The van der Waals surface area contributed by atoms with Crippen molar-refractivity contribution in [3.8, 4) is 22.8 Å². The Hall–Kier alpha value is -2.83. The fourth-order valence-corrected chi connectivity index (χ4v) is 2.12. The van der Waals surface area contributed by atoms with Gasteiger partial charge in [0.2, 0.25) is 0 Å². The van der Waals surface area contributed by atoms with Gasteiger partial charge in [-0.15, -0.1) is 0 Å². The molecule has 0 amide bonds. The van der Waals surface area contributed by atoms with Gasteiger partial charge in [-0.2, -0.15) is 5.10 Å². The minimum Gasteiger partial charge on any atom is -0.497 e. The number of nitrogens with zero attached hydrogens (tertiary/aromatic N) is 2. The standard InChI is InChI=1S/C16H18N2O5/c1-22-12-7-5-11(6-8-12)16-13(23-2)10-14(19)18(17-16)9-3-4-15(20)21/h5-8,10H,3-4,9H2,1-2H3,(H,20,21). The van der Waals surface area contributed by atoms with E-state index in [1.165, 1.54) is 17.9 Å². The molecule has 23 heavy (non-hydrogen) atoms. The Balaban J connectivity index is 2.36. The molecule has 0 atom stereocenters. The Bertz CT molecular complexity index is 737. The predicted octanol–water partition coefficient (Wildman–Crippen LogP) is 1.79. The Morgan fingerprint density at radius 1 is 1.22 bits per heavy atom. The van der Waals surface area contributed by atoms with Crippen LogP contribution >= 0.6 is 0 Å². The molecule has 0 unspecified atom stereocenters. The van der Waals surface area contributed by atoms with Gasteiger partial charge in [0.25, 0.3) is 5.56 Å². The van der Waals surface area contributed by atoms with Crippen LogP contribution in [0.3, 0.4) is 0 Å². The summed E-state index contributed by atoms with van der Waals surface area (Å²) in [6, 6.07) is 8.56. The Morgan fingerprint density at radius 2 is 1.91 bits per heavy atom. The highest BCUT2D eigenvalue weighted by Gasteiger charge is 2.12. The van der Waals surface area contributed by atoms with Crippen molar-refractivity contribution in [2.24, 2.45) is 0 Å². The van der Waals surface area contributed by atoms with Crippen molar-refractivity contribution >= 4 is 5.97 Å². The predicted molar refractivity (Wildman–Crippen MR) is 83.9 cm³/mol. The van der Waals surface area contributed by atoms with Crippen molar-refractivity contribution in [1.82, 2.24) is 9.78 Å². The van der Waals surface area contributed by atoms with Crippen molar-refractivity contribution in [3.05, 3.63) is 40.7 Å². The largest absolute Gasteiger partial charge is 0.497 e. The lowest BCUT2D eigenvalue weighted by Gasteiger charge is -2.11. The van der Waals surface area contributed by atoms with E-state index in [4.69, 9.17) is 14.6 Å². The summed E-state index contributed by atoms with van der Waals surface area (Å²) in [5, 5.41) is 13.0. The smallest absolute Gasteiger partial charge is 0.303 e. The van der Waals surface area contributed by atoms with E-state index >= 15 is 0 Å². The summed E-state index contributed by atoms with van der Waals surface area (Å²) in [6.07, 6.45) is 0.314. The zero-order chi connectivity index (χ0) is 16.8. The molecule has 0 spiro atoms. The van der Waals surface area contributed by atoms with Gasteiger partial charge < -0.3 is 14.6 Å². The minimum atomic E-state index is -0.901. The molecule has 1 aromatic heterocycles. The molecule has 122 valence electrons. The lowest BCUT2D eigenvalue weighted by atomic mass is 10.1. The molecule has 1 aromatic carbocycles. The first-order chi connectivity index (χ1) is 11.0. The van der Waals surface area contributed by atoms with Crippen LogP contribution in [-0.4, -0.2) is 35.1 Å². The van der Waals surface area contributed by atoms with Gasteiger partial charge >= 0.3 is 5.97 Å². The molecular formula is C16H18N2O5. The highest BCUT2D eigenvalue weighted by atomic mass is 16.5. The average Bonchev–Trinajstić information content (AvgIpc) is 2.55. The number of benzene rings is 1. The van der Waals surface area contributed by atoms with E-state index in [0.29, 0.717) is 23.6 Å². The third-order valence-corrected chi connectivity index (χ3v) is 3.31. The van der Waals surface area contributed by atoms with Crippen LogP contribution in [0.4, 0.5) is 0 Å². The molecule has 7 heteroatoms. The summed E-state index contributed by atoms with van der Waals surface area (Å²) in [5.41, 5.74) is 0.962. The fraction of sp³-hybridized carbons (Fsp3) is 0.312. The molecule has 1 heterocycles. The number of carboxylic acids is 1. The van der Waals surface area contributed by atoms with Crippen LogP contribution in [0.25, 0.3) is 11.3 Å². The van der Waals surface area contributed by atoms with Crippen LogP contribution in [0.15, 0.2) is 35.1 Å². The Kier molecular flexibility index (Phi) is 5.35. The van der Waals surface area contributed by atoms with Gasteiger partial charge in [-0.3, -0.25) is 9.59 Å². The number of ether oxygens (including phenoxy) is 2. The number of aromatic nitrogens is 2. The van der Waals surface area contributed by atoms with Crippen LogP contribution in [0, 0.1) is 0 Å². The van der Waals surface area contributed by atoms with Crippen molar-refractivity contribution in [2.45, 2.75) is 19.4 Å². The maximum atomic E-state index is 12.0. The summed E-state index contributed by atoms with van der Waals surface area (Å²) in [7, 11) is 3.05. The summed E-state index contributed by atoms with van der Waals surface area (Å²) >= 11 is 0. The second-order valence-corrected chi connectivity index (χ2v) is 4.85. The first-order valence-electron chi connectivity index (χ1n) is 7.07. The number of aryl methyl sites for hydroxylation is 1. The SMILES string of the molecule is COc1ccc(-c2nn(CCCC(=O)O)c(=O)cc2OC)cc1. The van der Waals surface area contributed by atoms with E-state index in [9.17, 15) is 9.59 Å². The minimum absolute atomic E-state index is 0.0159. The molecular weight excluding hydrogens is 300 g/mol. The number of hydrogen-bond donors (Lipinski definition) is 1. The zero-order valence-corrected chi connectivity index (χ0v) is 13.0. The van der Waals surface area contributed by atoms with Gasteiger partial charge in [0.05, 0.1) is 14.2 Å². The van der Waals surface area contributed by atoms with Gasteiger partial charge in [-0.25, -0.2) is 4.68 Å². The van der Waals surface area contributed by atoms with E-state index in [2.05, 4.69) is 5.10 Å². The molecule has 0 saturated carbocycles. The lowest BCUT2D eigenvalue weighted by molar-refractivity contribution is -0.137. The van der Waals surface area contributed by atoms with E-state index in [1.807, 2.05) is 12.1 Å². The van der Waals surface area contributed by atoms with Crippen molar-refractivity contribution in [2.75, 3.05) is 14.2 Å². The van der Waals surface area contributed by atoms with Gasteiger partial charge in [-0.05, 0) is 30.7 Å². The first-order valence-corrected chi connectivity index (χ1v) is 7.07. The number of methoxy groups -OCH3 is 2. The molecule has 2 rings (SSSR count). The zero-order valence-electron chi connectivity index (χ0n) is 13.0. The van der Waals surface area contributed by atoms with Crippen LogP contribution < -0.4 is 15.0 Å². The highest BCUT2D eigenvalue weighted by Crippen LogP contribution is 2.27. The quantitative estimate of drug-likeness (QED) is 0.837. The summed E-state index contributed by atoms with van der Waals surface area (Å²) in [4.78, 5) is 22.6. The van der Waals surface area contributed by atoms with E-state index in [-0.39, 0.29) is 18.5 Å². The topological polar surface area (TPSA) is 90.7 Å². The summed E-state index contributed by atoms with van der Waals surface area (Å²) in [5.74, 6) is 0.180. The Labute approximate surface area is 133 Å². The van der Waals surface area contributed by atoms with E-state index in [0.717, 1.165) is 5.56 Å². The van der Waals surface area contributed by atoms with Crippen molar-refractivity contribution in [3.63, 3.8) is 0 Å². The van der Waals surface area contributed by atoms with Gasteiger partial charge in [0, 0.05) is 24.6 Å². The first kappa shape index (κ1) is 16.5. The molecule has 7 nitrogen and oxygen atoms in total. The van der Waals surface area contributed by atoms with Crippen LogP contribution in [0.2, 0.25) is 0 Å². The second-order valence-electron chi connectivity index (χ2n) is 4.85. The number of carboxylic acid groups (broad SMARTS) is 1. The fourth-order valence-electron chi connectivity index (χ4n) is 2.12. The number of rotatable bonds is 7. The van der Waals surface area contributed by atoms with Crippen LogP contribution in [0.5, 0.6) is 11.5 Å². The third kappa shape index (κ3) is 4.09. The van der Waals surface area contributed by atoms with Crippen LogP contribution in [-0.2, 0) is 11.3 Å². The summed E-state index contributed by atoms with van der Waals surface area (Å²) in [6.45, 7) is 0.234. The normalized spacial score (nSPS) is 10.3. The maximum Gasteiger partial charge on any atom is 0.303 e. The summed E-state index contributed by atoms with van der Waals surface area (Å²) < 4.78 is 11.6. The monoisotopic (exact) mass is 318 g/mol.